The minimum Gasteiger partial charge on any atom is -0.452 e. The Morgan fingerprint density at radius 3 is 1.83 bits per heavy atom. The van der Waals surface area contributed by atoms with E-state index in [1.54, 1.807) is 12.1 Å². The number of nitro groups is 2. The van der Waals surface area contributed by atoms with Gasteiger partial charge in [-0.1, -0.05) is 0 Å². The predicted molar refractivity (Wildman–Crippen MR) is 216 cm³/mol. The molecule has 2 unspecified atom stereocenters. The molecule has 4 aromatic carbocycles. The van der Waals surface area contributed by atoms with Gasteiger partial charge in [0.05, 0.1) is 27.4 Å². The Labute approximate surface area is 360 Å². The first-order chi connectivity index (χ1) is 30.1. The molecular formula is C40H38F6N5O11S2+. The third kappa shape index (κ3) is 10.8. The van der Waals surface area contributed by atoms with Gasteiger partial charge in [-0.2, -0.15) is 43.2 Å². The molecule has 0 N–H and O–H groups in total. The number of nitrogens with zero attached hydrogens (tertiary/aromatic N) is 5. The number of rotatable bonds is 16. The van der Waals surface area contributed by atoms with Crippen molar-refractivity contribution in [2.24, 2.45) is 4.99 Å². The molecule has 4 aromatic rings. The zero-order valence-corrected chi connectivity index (χ0v) is 35.0. The van der Waals surface area contributed by atoms with Crippen molar-refractivity contribution in [1.29, 1.82) is 0 Å². The number of nitro benzene ring substituents is 2. The number of hydrogen-bond donors (Lipinski definition) is 0. The number of non-ortho nitro benzene ring substituents is 2. The van der Waals surface area contributed by atoms with Crippen molar-refractivity contribution in [1.82, 2.24) is 4.58 Å². The molecule has 0 amide bonds. The minimum absolute atomic E-state index is 0.101. The van der Waals surface area contributed by atoms with Gasteiger partial charge in [0.25, 0.3) is 31.6 Å². The molecule has 342 valence electrons. The van der Waals surface area contributed by atoms with E-state index < -0.39 is 88.7 Å². The van der Waals surface area contributed by atoms with Crippen LogP contribution in [0.25, 0.3) is 0 Å². The van der Waals surface area contributed by atoms with Gasteiger partial charge in [-0.3, -0.25) is 28.6 Å². The summed E-state index contributed by atoms with van der Waals surface area (Å²) in [4.78, 5) is 27.0. The molecule has 0 spiro atoms. The first-order valence-electron chi connectivity index (χ1n) is 19.7. The minimum atomic E-state index is -5.14. The first kappa shape index (κ1) is 46.3. The molecule has 3 heterocycles. The second-order valence-electron chi connectivity index (χ2n) is 15.3. The maximum atomic E-state index is 13.9. The Kier molecular flexibility index (Phi) is 13.0. The lowest BCUT2D eigenvalue weighted by atomic mass is 9.99. The zero-order valence-electron chi connectivity index (χ0n) is 33.4. The molecule has 16 nitrogen and oxygen atoms in total. The molecule has 0 bridgehead atoms. The fourth-order valence-electron chi connectivity index (χ4n) is 7.80. The first-order valence-corrected chi connectivity index (χ1v) is 22.9. The summed E-state index contributed by atoms with van der Waals surface area (Å²) in [5.74, 6) is -0.746. The monoisotopic (exact) mass is 942 g/mol. The van der Waals surface area contributed by atoms with Gasteiger partial charge in [0.15, 0.2) is 23.7 Å². The molecule has 0 fully saturated rings. The van der Waals surface area contributed by atoms with Crippen LogP contribution in [0.15, 0.2) is 77.8 Å². The van der Waals surface area contributed by atoms with Crippen molar-refractivity contribution < 1.29 is 66.1 Å². The van der Waals surface area contributed by atoms with Gasteiger partial charge in [-0.05, 0) is 78.8 Å². The number of halogens is 6. The van der Waals surface area contributed by atoms with Crippen molar-refractivity contribution in [3.63, 3.8) is 0 Å². The highest BCUT2D eigenvalue weighted by atomic mass is 32.2. The van der Waals surface area contributed by atoms with Gasteiger partial charge < -0.3 is 9.64 Å². The van der Waals surface area contributed by atoms with E-state index in [0.717, 1.165) is 59.7 Å². The van der Waals surface area contributed by atoms with Crippen LogP contribution in [-0.2, 0) is 41.4 Å². The van der Waals surface area contributed by atoms with Crippen LogP contribution in [0, 0.1) is 20.2 Å². The summed E-state index contributed by atoms with van der Waals surface area (Å²) < 4.78 is 152. The molecular weight excluding hydrogens is 905 g/mol. The fraction of sp³-hybridized carbons (Fsp3) is 0.400. The molecule has 7 rings (SSSR count). The Balaban J connectivity index is 1.02. The quantitative estimate of drug-likeness (QED) is 0.0329. The van der Waals surface area contributed by atoms with E-state index in [1.165, 1.54) is 0 Å². The number of fused-ring (bicyclic) bond motifs is 4. The number of aryl methyl sites for hydroxylation is 2. The molecule has 64 heavy (non-hydrogen) atoms. The van der Waals surface area contributed by atoms with E-state index in [4.69, 9.17) is 9.73 Å². The van der Waals surface area contributed by atoms with Crippen LogP contribution in [-0.4, -0.2) is 76.7 Å². The number of ether oxygens (including phenoxy) is 1. The topological polar surface area (TPSA) is 201 Å². The molecule has 2 atom stereocenters. The predicted octanol–water partition coefficient (Wildman–Crippen LogP) is 6.83. The van der Waals surface area contributed by atoms with Crippen molar-refractivity contribution in [2.45, 2.75) is 63.1 Å². The lowest BCUT2D eigenvalue weighted by Crippen LogP contribution is -2.40. The highest BCUT2D eigenvalue weighted by Gasteiger charge is 2.46. The number of anilines is 1. The second-order valence-corrected chi connectivity index (χ2v) is 18.7. The molecule has 0 saturated carbocycles. The Morgan fingerprint density at radius 1 is 0.734 bits per heavy atom. The van der Waals surface area contributed by atoms with Crippen LogP contribution < -0.4 is 24.9 Å². The Morgan fingerprint density at radius 2 is 1.28 bits per heavy atom. The third-order valence-corrected chi connectivity index (χ3v) is 13.3. The van der Waals surface area contributed by atoms with Crippen molar-refractivity contribution >= 4 is 43.0 Å². The maximum absolute atomic E-state index is 13.9. The number of benzene rings is 4. The Bertz CT molecular complexity index is 2810. The standard InChI is InChI=1S/C40H38F6N5O11S2/c41-39(42,43)37(25-7-11-29(12-8-25)50(52)53)61-63(56,57)19-3-17-48-15-1-5-27-21-31-35(23-33(27)48)60-36-24-34-28(22-32(36)47-31)6-2-16-49(34)18-4-20-64(58,59)62-38(40(44,45)46)26-9-13-30(14-10-26)51(54)55/h7-14,21-24,37-38H,1-6,15-20H2/q+1. The van der Waals surface area contributed by atoms with Crippen molar-refractivity contribution in [3.8, 4) is 11.5 Å². The molecule has 0 aromatic heterocycles. The van der Waals surface area contributed by atoms with Gasteiger partial charge >= 0.3 is 12.4 Å². The van der Waals surface area contributed by atoms with Gasteiger partial charge in [0.2, 0.25) is 5.36 Å². The van der Waals surface area contributed by atoms with Crippen molar-refractivity contribution in [2.75, 3.05) is 42.6 Å². The molecule has 3 aliphatic rings. The van der Waals surface area contributed by atoms with E-state index in [9.17, 15) is 63.4 Å². The number of alkyl halides is 6. The lowest BCUT2D eigenvalue weighted by molar-refractivity contribution is -0.385. The van der Waals surface area contributed by atoms with E-state index >= 15 is 0 Å². The molecule has 24 heteroatoms. The van der Waals surface area contributed by atoms with Crippen molar-refractivity contribution in [3.05, 3.63) is 126 Å². The largest absolute Gasteiger partial charge is 0.452 e. The smallest absolute Gasteiger partial charge is 0.420 e. The highest BCUT2D eigenvalue weighted by molar-refractivity contribution is 7.86. The number of hydrogen-bond acceptors (Lipinski definition) is 13. The summed E-state index contributed by atoms with van der Waals surface area (Å²) in [6, 6.07) is 13.7. The summed E-state index contributed by atoms with van der Waals surface area (Å²) in [5.41, 5.74) is 0.864. The molecule has 0 aliphatic carbocycles. The average molecular weight is 943 g/mol. The van der Waals surface area contributed by atoms with Gasteiger partial charge in [0, 0.05) is 67.5 Å². The van der Waals surface area contributed by atoms with Crippen LogP contribution >= 0.6 is 0 Å². The zero-order chi connectivity index (χ0) is 46.2. The van der Waals surface area contributed by atoms with Gasteiger partial charge in [0.1, 0.15) is 24.1 Å². The van der Waals surface area contributed by atoms with E-state index in [0.29, 0.717) is 72.4 Å². The third-order valence-electron chi connectivity index (χ3n) is 10.7. The van der Waals surface area contributed by atoms with E-state index in [2.05, 4.69) is 8.37 Å². The fourth-order valence-corrected chi connectivity index (χ4v) is 9.98. The van der Waals surface area contributed by atoms with Crippen LogP contribution in [0.5, 0.6) is 11.5 Å². The lowest BCUT2D eigenvalue weighted by Gasteiger charge is -2.32. The summed E-state index contributed by atoms with van der Waals surface area (Å²) >= 11 is 0. The molecule has 0 saturated heterocycles. The summed E-state index contributed by atoms with van der Waals surface area (Å²) in [5, 5.41) is 23.1. The molecule has 0 radical (unpaired) electrons. The van der Waals surface area contributed by atoms with Crippen LogP contribution in [0.4, 0.5) is 49.1 Å². The van der Waals surface area contributed by atoms with Crippen LogP contribution in [0.1, 0.15) is 60.1 Å². The normalized spacial score (nSPS) is 16.0. The summed E-state index contributed by atoms with van der Waals surface area (Å²) in [6.07, 6.45) is -13.5. The molecule has 3 aliphatic heterocycles. The highest BCUT2D eigenvalue weighted by Crippen LogP contribution is 2.42. The average Bonchev–Trinajstić information content (AvgIpc) is 3.22. The maximum Gasteiger partial charge on any atom is 0.420 e. The second kappa shape index (κ2) is 18.0. The summed E-state index contributed by atoms with van der Waals surface area (Å²) in [6.45, 7) is 1.28. The van der Waals surface area contributed by atoms with Gasteiger partial charge in [-0.15, -0.1) is 0 Å². The van der Waals surface area contributed by atoms with E-state index in [1.807, 2.05) is 21.6 Å². The van der Waals surface area contributed by atoms with E-state index in [-0.39, 0.29) is 25.9 Å². The van der Waals surface area contributed by atoms with Crippen LogP contribution in [0.2, 0.25) is 0 Å². The van der Waals surface area contributed by atoms with Gasteiger partial charge in [-0.25, -0.2) is 9.57 Å². The van der Waals surface area contributed by atoms with Crippen LogP contribution in [0.3, 0.4) is 0 Å². The summed E-state index contributed by atoms with van der Waals surface area (Å²) in [7, 11) is -9.47. The Hall–Kier alpha value is -5.72. The SMILES string of the molecule is O=[N+]([O-])c1ccc(C(OS(=O)(=O)CCCN2CCCc3cc4c(cc32)Oc2cc3c(cc2=N4)CCC[N+]=3CCCS(=O)(=O)OC(c2ccc([N+](=O)[O-])cc2)C(F)(F)F)C(F)(F)F)cc1.